The van der Waals surface area contributed by atoms with E-state index in [0.717, 1.165) is 34.2 Å². The largest absolute Gasteiger partial charge is 0.492 e. The van der Waals surface area contributed by atoms with Crippen molar-refractivity contribution in [3.8, 4) is 22.6 Å². The number of benzene rings is 1. The van der Waals surface area contributed by atoms with Crippen molar-refractivity contribution in [2.45, 2.75) is 31.8 Å². The third kappa shape index (κ3) is 2.85. The molecule has 0 unspecified atom stereocenters. The molecule has 0 saturated heterocycles. The molecule has 21 heavy (non-hydrogen) atoms. The number of anilines is 1. The van der Waals surface area contributed by atoms with Crippen LogP contribution in [0.25, 0.3) is 11.1 Å². The van der Waals surface area contributed by atoms with Crippen molar-refractivity contribution in [1.29, 1.82) is 0 Å². The molecule has 3 rings (SSSR count). The second-order valence-corrected chi connectivity index (χ2v) is 6.07. The molecule has 3 N–H and O–H groups in total. The van der Waals surface area contributed by atoms with Crippen molar-refractivity contribution in [1.82, 2.24) is 10.2 Å². The van der Waals surface area contributed by atoms with Crippen LogP contribution in [-0.2, 0) is 0 Å². The van der Waals surface area contributed by atoms with Gasteiger partial charge in [0.25, 0.3) is 0 Å². The van der Waals surface area contributed by atoms with Gasteiger partial charge in [-0.15, -0.1) is 0 Å². The molecule has 1 aromatic heterocycles. The smallest absolute Gasteiger partial charge is 0.174 e. The molecule has 0 bridgehead atoms. The van der Waals surface area contributed by atoms with E-state index >= 15 is 0 Å². The third-order valence-electron chi connectivity index (χ3n) is 3.79. The van der Waals surface area contributed by atoms with E-state index in [1.165, 1.54) is 12.8 Å². The van der Waals surface area contributed by atoms with Gasteiger partial charge >= 0.3 is 0 Å². The number of nitrogens with one attached hydrogen (secondary N) is 1. The van der Waals surface area contributed by atoms with Crippen molar-refractivity contribution < 1.29 is 9.47 Å². The molecule has 0 amide bonds. The standard InChI is InChI=1S/C15H18BrN3O2/c1-20-14-12(16)6-9(11-8-18-19-15(11)17)7-13(14)21-10-4-2-3-5-10/h6-8,10H,2-5H2,1H3,(H3,17,18,19). The highest BCUT2D eigenvalue weighted by molar-refractivity contribution is 9.10. The van der Waals surface area contributed by atoms with Gasteiger partial charge in [0.1, 0.15) is 5.82 Å². The quantitative estimate of drug-likeness (QED) is 0.879. The van der Waals surface area contributed by atoms with Crippen molar-refractivity contribution in [3.63, 3.8) is 0 Å². The topological polar surface area (TPSA) is 73.2 Å². The summed E-state index contributed by atoms with van der Waals surface area (Å²) in [6, 6.07) is 3.92. The van der Waals surface area contributed by atoms with E-state index in [9.17, 15) is 0 Å². The highest BCUT2D eigenvalue weighted by Gasteiger charge is 2.21. The van der Waals surface area contributed by atoms with Gasteiger partial charge in [-0.05, 0) is 59.3 Å². The van der Waals surface area contributed by atoms with Crippen LogP contribution >= 0.6 is 15.9 Å². The maximum Gasteiger partial charge on any atom is 0.174 e. The Balaban J connectivity index is 1.99. The molecule has 1 aliphatic rings. The van der Waals surface area contributed by atoms with Gasteiger partial charge in [-0.3, -0.25) is 5.10 Å². The van der Waals surface area contributed by atoms with E-state index < -0.39 is 0 Å². The molecule has 0 radical (unpaired) electrons. The number of methoxy groups -OCH3 is 1. The average Bonchev–Trinajstić information content (AvgIpc) is 3.10. The molecule has 6 heteroatoms. The van der Waals surface area contributed by atoms with Gasteiger partial charge in [-0.25, -0.2) is 0 Å². The first-order valence-electron chi connectivity index (χ1n) is 7.02. The molecule has 1 aromatic carbocycles. The minimum Gasteiger partial charge on any atom is -0.492 e. The summed E-state index contributed by atoms with van der Waals surface area (Å²) in [6.07, 6.45) is 6.62. The normalized spacial score (nSPS) is 15.3. The number of aromatic amines is 1. The van der Waals surface area contributed by atoms with Crippen LogP contribution in [0.4, 0.5) is 5.82 Å². The maximum absolute atomic E-state index is 6.13. The molecular formula is C15H18BrN3O2. The van der Waals surface area contributed by atoms with Crippen LogP contribution in [-0.4, -0.2) is 23.4 Å². The number of halogens is 1. The Hall–Kier alpha value is -1.69. The summed E-state index contributed by atoms with van der Waals surface area (Å²) in [6.45, 7) is 0. The lowest BCUT2D eigenvalue weighted by molar-refractivity contribution is 0.200. The highest BCUT2D eigenvalue weighted by atomic mass is 79.9. The molecule has 1 fully saturated rings. The van der Waals surface area contributed by atoms with Gasteiger partial charge in [-0.1, -0.05) is 0 Å². The predicted molar refractivity (Wildman–Crippen MR) is 85.6 cm³/mol. The van der Waals surface area contributed by atoms with Crippen molar-refractivity contribution in [3.05, 3.63) is 22.8 Å². The molecule has 2 aromatic rings. The van der Waals surface area contributed by atoms with E-state index in [0.29, 0.717) is 11.6 Å². The fraction of sp³-hybridized carbons (Fsp3) is 0.400. The average molecular weight is 352 g/mol. The summed E-state index contributed by atoms with van der Waals surface area (Å²) in [5.41, 5.74) is 7.70. The fourth-order valence-corrected chi connectivity index (χ4v) is 3.33. The van der Waals surface area contributed by atoms with E-state index in [1.807, 2.05) is 12.1 Å². The zero-order chi connectivity index (χ0) is 14.8. The van der Waals surface area contributed by atoms with Crippen LogP contribution in [0, 0.1) is 0 Å². The number of rotatable bonds is 4. The SMILES string of the molecule is COc1c(Br)cc(-c2cn[nH]c2N)cc1OC1CCCC1. The molecule has 5 nitrogen and oxygen atoms in total. The number of hydrogen-bond donors (Lipinski definition) is 2. The molecule has 0 spiro atoms. The van der Waals surface area contributed by atoms with E-state index in [2.05, 4.69) is 26.1 Å². The van der Waals surface area contributed by atoms with Gasteiger partial charge in [-0.2, -0.15) is 5.10 Å². The number of ether oxygens (including phenoxy) is 2. The first-order chi connectivity index (χ1) is 10.2. The van der Waals surface area contributed by atoms with Crippen LogP contribution < -0.4 is 15.2 Å². The minimum atomic E-state index is 0.266. The first-order valence-corrected chi connectivity index (χ1v) is 7.81. The van der Waals surface area contributed by atoms with Crippen LogP contribution in [0.3, 0.4) is 0 Å². The molecule has 1 heterocycles. The molecule has 1 aliphatic carbocycles. The fourth-order valence-electron chi connectivity index (χ4n) is 2.72. The predicted octanol–water partition coefficient (Wildman–Crippen LogP) is 3.75. The van der Waals surface area contributed by atoms with Crippen molar-refractivity contribution in [2.75, 3.05) is 12.8 Å². The Labute approximate surface area is 132 Å². The molecular weight excluding hydrogens is 334 g/mol. The first kappa shape index (κ1) is 14.3. The van der Waals surface area contributed by atoms with Crippen LogP contribution in [0.1, 0.15) is 25.7 Å². The zero-order valence-corrected chi connectivity index (χ0v) is 13.4. The Kier molecular flexibility index (Phi) is 4.05. The Bertz CT molecular complexity index is 636. The summed E-state index contributed by atoms with van der Waals surface area (Å²) in [5, 5.41) is 6.71. The summed E-state index contributed by atoms with van der Waals surface area (Å²) in [7, 11) is 1.65. The monoisotopic (exact) mass is 351 g/mol. The van der Waals surface area contributed by atoms with Crippen molar-refractivity contribution in [2.24, 2.45) is 0 Å². The highest BCUT2D eigenvalue weighted by Crippen LogP contribution is 2.41. The summed E-state index contributed by atoms with van der Waals surface area (Å²) in [5.74, 6) is 2.00. The number of nitrogen functional groups attached to an aromatic ring is 1. The Morgan fingerprint density at radius 1 is 1.33 bits per heavy atom. The Morgan fingerprint density at radius 2 is 2.10 bits per heavy atom. The van der Waals surface area contributed by atoms with Gasteiger partial charge in [0.05, 0.1) is 23.9 Å². The lowest BCUT2D eigenvalue weighted by Gasteiger charge is -2.18. The van der Waals surface area contributed by atoms with Gasteiger partial charge in [0.15, 0.2) is 11.5 Å². The second kappa shape index (κ2) is 5.97. The van der Waals surface area contributed by atoms with Gasteiger partial charge < -0.3 is 15.2 Å². The molecule has 1 saturated carbocycles. The number of nitrogens with two attached hydrogens (primary N) is 1. The summed E-state index contributed by atoms with van der Waals surface area (Å²) in [4.78, 5) is 0. The van der Waals surface area contributed by atoms with Crippen molar-refractivity contribution >= 4 is 21.7 Å². The molecule has 0 atom stereocenters. The van der Waals surface area contributed by atoms with Crippen LogP contribution in [0.5, 0.6) is 11.5 Å². The van der Waals surface area contributed by atoms with Crippen LogP contribution in [0.15, 0.2) is 22.8 Å². The van der Waals surface area contributed by atoms with Gasteiger partial charge in [0.2, 0.25) is 0 Å². The number of nitrogens with zero attached hydrogens (tertiary/aromatic N) is 1. The van der Waals surface area contributed by atoms with Gasteiger partial charge in [0, 0.05) is 5.56 Å². The lowest BCUT2D eigenvalue weighted by Crippen LogP contribution is -2.11. The van der Waals surface area contributed by atoms with E-state index in [4.69, 9.17) is 15.2 Å². The zero-order valence-electron chi connectivity index (χ0n) is 11.9. The molecule has 0 aliphatic heterocycles. The maximum atomic E-state index is 6.13. The third-order valence-corrected chi connectivity index (χ3v) is 4.38. The number of aromatic nitrogens is 2. The number of hydrogen-bond acceptors (Lipinski definition) is 4. The number of H-pyrrole nitrogens is 1. The molecule has 112 valence electrons. The van der Waals surface area contributed by atoms with E-state index in [-0.39, 0.29) is 6.10 Å². The lowest BCUT2D eigenvalue weighted by atomic mass is 10.1. The summed E-state index contributed by atoms with van der Waals surface area (Å²) >= 11 is 3.54. The van der Waals surface area contributed by atoms with E-state index in [1.54, 1.807) is 13.3 Å². The van der Waals surface area contributed by atoms with Crippen LogP contribution in [0.2, 0.25) is 0 Å². The Morgan fingerprint density at radius 3 is 2.71 bits per heavy atom. The second-order valence-electron chi connectivity index (χ2n) is 5.21. The minimum absolute atomic E-state index is 0.266. The summed E-state index contributed by atoms with van der Waals surface area (Å²) < 4.78 is 12.4.